The summed E-state index contributed by atoms with van der Waals surface area (Å²) in [7, 11) is 0. The number of benzene rings is 1. The summed E-state index contributed by atoms with van der Waals surface area (Å²) in [5.41, 5.74) is 7.58. The van der Waals surface area contributed by atoms with Crippen LogP contribution in [0.4, 0.5) is 11.4 Å². The normalized spacial score (nSPS) is 19.1. The number of hydrogen-bond acceptors (Lipinski definition) is 4. The predicted octanol–water partition coefficient (Wildman–Crippen LogP) is 1.75. The molecule has 104 valence electrons. The minimum Gasteiger partial charge on any atom is -0.489 e. The molecular formula is C14H21N3O2. The van der Waals surface area contributed by atoms with Gasteiger partial charge in [-0.25, -0.2) is 0 Å². The minimum absolute atomic E-state index is 0.0894. The number of nitrogens with one attached hydrogen (secondary N) is 2. The molecule has 1 amide bonds. The van der Waals surface area contributed by atoms with E-state index >= 15 is 0 Å². The fourth-order valence-corrected chi connectivity index (χ4v) is 2.10. The van der Waals surface area contributed by atoms with Gasteiger partial charge in [-0.05, 0) is 32.4 Å². The van der Waals surface area contributed by atoms with Crippen LogP contribution in [0.15, 0.2) is 18.2 Å². The Bertz CT molecular complexity index is 450. The number of hydrogen-bond donors (Lipinski definition) is 3. The Morgan fingerprint density at radius 3 is 2.89 bits per heavy atom. The Hall–Kier alpha value is -1.91. The number of rotatable bonds is 4. The van der Waals surface area contributed by atoms with E-state index < -0.39 is 0 Å². The van der Waals surface area contributed by atoms with Gasteiger partial charge in [-0.2, -0.15) is 0 Å². The Morgan fingerprint density at radius 1 is 1.47 bits per heavy atom. The van der Waals surface area contributed by atoms with Gasteiger partial charge < -0.3 is 21.1 Å². The molecule has 0 spiro atoms. The smallest absolute Gasteiger partial charge is 0.220 e. The number of carbonyl (C=O) groups is 1. The molecule has 19 heavy (non-hydrogen) atoms. The maximum absolute atomic E-state index is 11.1. The van der Waals surface area contributed by atoms with Gasteiger partial charge in [0.1, 0.15) is 5.75 Å². The maximum Gasteiger partial charge on any atom is 0.220 e. The largest absolute Gasteiger partial charge is 0.489 e. The van der Waals surface area contributed by atoms with Crippen LogP contribution in [0.5, 0.6) is 5.75 Å². The average molecular weight is 263 g/mol. The zero-order valence-corrected chi connectivity index (χ0v) is 11.4. The first-order chi connectivity index (χ1) is 9.06. The number of piperidine rings is 1. The van der Waals surface area contributed by atoms with Crippen molar-refractivity contribution in [3.05, 3.63) is 18.2 Å². The predicted molar refractivity (Wildman–Crippen MR) is 76.3 cm³/mol. The highest BCUT2D eigenvalue weighted by molar-refractivity contribution is 5.77. The molecule has 0 aliphatic carbocycles. The summed E-state index contributed by atoms with van der Waals surface area (Å²) in [6.45, 7) is 4.57. The lowest BCUT2D eigenvalue weighted by Crippen LogP contribution is -2.42. The molecule has 5 heteroatoms. The van der Waals surface area contributed by atoms with Crippen molar-refractivity contribution < 1.29 is 9.53 Å². The van der Waals surface area contributed by atoms with Crippen molar-refractivity contribution in [1.29, 1.82) is 0 Å². The lowest BCUT2D eigenvalue weighted by atomic mass is 10.1. The van der Waals surface area contributed by atoms with Gasteiger partial charge in [0, 0.05) is 19.0 Å². The molecule has 1 heterocycles. The van der Waals surface area contributed by atoms with Crippen LogP contribution in [0.1, 0.15) is 26.7 Å². The highest BCUT2D eigenvalue weighted by Crippen LogP contribution is 2.31. The molecule has 1 unspecified atom stereocenters. The number of carbonyl (C=O) groups excluding carboxylic acids is 1. The molecule has 0 radical (unpaired) electrons. The van der Waals surface area contributed by atoms with Crippen molar-refractivity contribution in [1.82, 2.24) is 5.32 Å². The minimum atomic E-state index is 0.0894. The summed E-state index contributed by atoms with van der Waals surface area (Å²) >= 11 is 0. The number of nitrogens with two attached hydrogens (primary N) is 1. The van der Waals surface area contributed by atoms with E-state index in [1.54, 1.807) is 0 Å². The molecule has 5 nitrogen and oxygen atoms in total. The van der Waals surface area contributed by atoms with E-state index in [9.17, 15) is 4.79 Å². The molecule has 2 rings (SSSR count). The number of anilines is 2. The average Bonchev–Trinajstić information content (AvgIpc) is 2.36. The Morgan fingerprint density at radius 2 is 2.26 bits per heavy atom. The van der Waals surface area contributed by atoms with E-state index in [-0.39, 0.29) is 18.1 Å². The number of ether oxygens (including phenoxy) is 1. The monoisotopic (exact) mass is 263 g/mol. The van der Waals surface area contributed by atoms with Gasteiger partial charge >= 0.3 is 0 Å². The van der Waals surface area contributed by atoms with Gasteiger partial charge in [-0.3, -0.25) is 4.79 Å². The number of amides is 1. The molecule has 0 aromatic heterocycles. The van der Waals surface area contributed by atoms with Gasteiger partial charge in [0.15, 0.2) is 0 Å². The lowest BCUT2D eigenvalue weighted by molar-refractivity contribution is -0.122. The second-order valence-corrected chi connectivity index (χ2v) is 5.07. The van der Waals surface area contributed by atoms with Crippen LogP contribution in [0, 0.1) is 0 Å². The van der Waals surface area contributed by atoms with E-state index in [4.69, 9.17) is 10.5 Å². The van der Waals surface area contributed by atoms with Crippen LogP contribution >= 0.6 is 0 Å². The molecule has 1 fully saturated rings. The van der Waals surface area contributed by atoms with E-state index in [0.717, 1.165) is 12.1 Å². The van der Waals surface area contributed by atoms with Gasteiger partial charge in [0.05, 0.1) is 17.5 Å². The SMILES string of the molecule is CC(C)Oc1cccc(NC2CCC(=O)NC2)c1N. The standard InChI is InChI=1S/C14H21N3O2/c1-9(2)19-12-5-3-4-11(14(12)15)17-10-6-7-13(18)16-8-10/h3-5,9-10,17H,6-8,15H2,1-2H3,(H,16,18). The molecule has 0 saturated carbocycles. The first-order valence-corrected chi connectivity index (χ1v) is 6.64. The Labute approximate surface area is 113 Å². The van der Waals surface area contributed by atoms with Crippen LogP contribution in [0.3, 0.4) is 0 Å². The number of para-hydroxylation sites is 1. The van der Waals surface area contributed by atoms with Crippen molar-refractivity contribution in [2.75, 3.05) is 17.6 Å². The molecule has 1 aliphatic heterocycles. The summed E-state index contributed by atoms with van der Waals surface area (Å²) < 4.78 is 5.66. The topological polar surface area (TPSA) is 76.4 Å². The summed E-state index contributed by atoms with van der Waals surface area (Å²) in [5, 5.41) is 6.21. The van der Waals surface area contributed by atoms with Crippen LogP contribution in [-0.4, -0.2) is 24.6 Å². The number of nitrogen functional groups attached to an aromatic ring is 1. The van der Waals surface area contributed by atoms with Crippen LogP contribution in [-0.2, 0) is 4.79 Å². The third kappa shape index (κ3) is 3.53. The molecule has 1 atom stereocenters. The van der Waals surface area contributed by atoms with Crippen molar-refractivity contribution >= 4 is 17.3 Å². The molecule has 1 saturated heterocycles. The molecule has 4 N–H and O–H groups in total. The van der Waals surface area contributed by atoms with Crippen LogP contribution < -0.4 is 21.1 Å². The maximum atomic E-state index is 11.1. The fraction of sp³-hybridized carbons (Fsp3) is 0.500. The first kappa shape index (κ1) is 13.5. The van der Waals surface area contributed by atoms with Crippen LogP contribution in [0.25, 0.3) is 0 Å². The van der Waals surface area contributed by atoms with Crippen molar-refractivity contribution in [2.24, 2.45) is 0 Å². The highest BCUT2D eigenvalue weighted by atomic mass is 16.5. The highest BCUT2D eigenvalue weighted by Gasteiger charge is 2.19. The summed E-state index contributed by atoms with van der Waals surface area (Å²) in [6, 6.07) is 5.93. The van der Waals surface area contributed by atoms with Crippen molar-refractivity contribution in [3.8, 4) is 5.75 Å². The Kier molecular flexibility index (Phi) is 4.14. The zero-order chi connectivity index (χ0) is 13.8. The van der Waals surface area contributed by atoms with E-state index in [2.05, 4.69) is 10.6 Å². The van der Waals surface area contributed by atoms with Crippen molar-refractivity contribution in [3.63, 3.8) is 0 Å². The molecular weight excluding hydrogens is 242 g/mol. The van der Waals surface area contributed by atoms with Crippen LogP contribution in [0.2, 0.25) is 0 Å². The lowest BCUT2D eigenvalue weighted by Gasteiger charge is -2.25. The summed E-state index contributed by atoms with van der Waals surface area (Å²) in [5.74, 6) is 0.808. The van der Waals surface area contributed by atoms with Crippen molar-refractivity contribution in [2.45, 2.75) is 38.8 Å². The van der Waals surface area contributed by atoms with E-state index in [1.807, 2.05) is 32.0 Å². The molecule has 1 aromatic carbocycles. The molecule has 1 aromatic rings. The summed E-state index contributed by atoms with van der Waals surface area (Å²) in [6.07, 6.45) is 1.46. The van der Waals surface area contributed by atoms with Gasteiger partial charge in [0.2, 0.25) is 5.91 Å². The first-order valence-electron chi connectivity index (χ1n) is 6.64. The quantitative estimate of drug-likeness (QED) is 0.723. The third-order valence-corrected chi connectivity index (χ3v) is 3.05. The van der Waals surface area contributed by atoms with Gasteiger partial charge in [-0.1, -0.05) is 6.07 Å². The Balaban J connectivity index is 2.05. The molecule has 0 bridgehead atoms. The van der Waals surface area contributed by atoms with Gasteiger partial charge in [-0.15, -0.1) is 0 Å². The summed E-state index contributed by atoms with van der Waals surface area (Å²) in [4.78, 5) is 11.1. The second-order valence-electron chi connectivity index (χ2n) is 5.07. The van der Waals surface area contributed by atoms with Gasteiger partial charge in [0.25, 0.3) is 0 Å². The van der Waals surface area contributed by atoms with E-state index in [1.165, 1.54) is 0 Å². The van der Waals surface area contributed by atoms with E-state index in [0.29, 0.717) is 24.4 Å². The second kappa shape index (κ2) is 5.82. The third-order valence-electron chi connectivity index (χ3n) is 3.05. The zero-order valence-electron chi connectivity index (χ0n) is 11.4. The fourth-order valence-electron chi connectivity index (χ4n) is 2.10. The molecule has 1 aliphatic rings.